The number of allylic oxidation sites excluding steroid dienone is 2. The van der Waals surface area contributed by atoms with Crippen LogP contribution >= 0.6 is 0 Å². The molecule has 7 heteroatoms. The molecule has 5 aromatic rings. The number of hydrogen-bond donors (Lipinski definition) is 1. The molecule has 0 fully saturated rings. The van der Waals surface area contributed by atoms with Gasteiger partial charge in [-0.1, -0.05) is 71.5 Å². The zero-order valence-electron chi connectivity index (χ0n) is 25.7. The number of hydrogen-bond acceptors (Lipinski definition) is 6. The quantitative estimate of drug-likeness (QED) is 0.102. The number of aliphatic hydroxyl groups is 1. The summed E-state index contributed by atoms with van der Waals surface area (Å²) in [6.45, 7) is 16.4. The topological polar surface area (TPSA) is 89.1 Å². The molecule has 0 unspecified atom stereocenters. The Balaban J connectivity index is 0.000000297. The average molecular weight is 743 g/mol. The Labute approximate surface area is 262 Å². The number of carbonyl (C=O) groups is 1. The molecule has 1 radical (unpaired) electrons. The van der Waals surface area contributed by atoms with Crippen molar-refractivity contribution >= 4 is 38.8 Å². The van der Waals surface area contributed by atoms with E-state index >= 15 is 0 Å². The Morgan fingerprint density at radius 1 is 0.929 bits per heavy atom. The van der Waals surface area contributed by atoms with Crippen molar-refractivity contribution in [1.82, 2.24) is 15.0 Å². The third-order valence-electron chi connectivity index (χ3n) is 6.76. The number of fused-ring (bicyclic) bond motifs is 4. The number of rotatable bonds is 7. The molecule has 42 heavy (non-hydrogen) atoms. The van der Waals surface area contributed by atoms with Crippen LogP contribution in [0.4, 0.5) is 0 Å². The van der Waals surface area contributed by atoms with E-state index in [4.69, 9.17) is 4.42 Å². The molecular formula is C35H40IrN3O3-. The Bertz CT molecular complexity index is 1730. The fourth-order valence-electron chi connectivity index (χ4n) is 4.85. The van der Waals surface area contributed by atoms with E-state index in [2.05, 4.69) is 65.2 Å². The van der Waals surface area contributed by atoms with Crippen LogP contribution in [0.15, 0.2) is 59.0 Å². The third kappa shape index (κ3) is 7.90. The number of aryl methyl sites for hydroxylation is 2. The molecule has 0 aliphatic carbocycles. The van der Waals surface area contributed by atoms with Crippen LogP contribution in [-0.2, 0) is 24.9 Å². The summed E-state index contributed by atoms with van der Waals surface area (Å²) in [6.07, 6.45) is 4.08. The van der Waals surface area contributed by atoms with Gasteiger partial charge >= 0.3 is 0 Å². The number of benzene rings is 2. The molecule has 0 saturated heterocycles. The van der Waals surface area contributed by atoms with Gasteiger partial charge in [-0.25, -0.2) is 9.97 Å². The fourth-order valence-corrected chi connectivity index (χ4v) is 4.85. The third-order valence-corrected chi connectivity index (χ3v) is 6.76. The monoisotopic (exact) mass is 743 g/mol. The van der Waals surface area contributed by atoms with Crippen LogP contribution in [0.5, 0.6) is 0 Å². The van der Waals surface area contributed by atoms with Crippen molar-refractivity contribution in [2.45, 2.75) is 74.1 Å². The van der Waals surface area contributed by atoms with Crippen LogP contribution in [0, 0.1) is 31.7 Å². The number of aliphatic hydroxyl groups excluding tert-OH is 1. The zero-order chi connectivity index (χ0) is 29.8. The number of pyridine rings is 1. The van der Waals surface area contributed by atoms with Gasteiger partial charge < -0.3 is 9.52 Å². The minimum atomic E-state index is 0. The Morgan fingerprint density at radius 2 is 1.62 bits per heavy atom. The summed E-state index contributed by atoms with van der Waals surface area (Å²) in [5.41, 5.74) is 7.28. The van der Waals surface area contributed by atoms with Crippen LogP contribution < -0.4 is 0 Å². The molecule has 0 saturated carbocycles. The summed E-state index contributed by atoms with van der Waals surface area (Å²) in [4.78, 5) is 24.9. The first kappa shape index (κ1) is 33.1. The molecule has 5 rings (SSSR count). The first-order chi connectivity index (χ1) is 19.4. The molecule has 0 atom stereocenters. The van der Waals surface area contributed by atoms with E-state index in [0.717, 1.165) is 49.8 Å². The average Bonchev–Trinajstić information content (AvgIpc) is 3.24. The van der Waals surface area contributed by atoms with E-state index in [0.29, 0.717) is 36.3 Å². The van der Waals surface area contributed by atoms with E-state index in [1.54, 1.807) is 6.33 Å². The first-order valence-corrected chi connectivity index (χ1v) is 14.3. The smallest absolute Gasteiger partial charge is 0.216 e. The van der Waals surface area contributed by atoms with Gasteiger partial charge in [0.15, 0.2) is 5.78 Å². The van der Waals surface area contributed by atoms with Crippen molar-refractivity contribution in [3.8, 4) is 11.3 Å². The van der Waals surface area contributed by atoms with Crippen molar-refractivity contribution in [3.05, 3.63) is 77.4 Å². The second-order valence-electron chi connectivity index (χ2n) is 11.9. The largest absolute Gasteiger partial charge is 0.512 e. The molecule has 0 bridgehead atoms. The number of furan rings is 1. The number of nitrogens with zero attached hydrogens (tertiary/aromatic N) is 3. The molecule has 223 valence electrons. The van der Waals surface area contributed by atoms with Gasteiger partial charge in [-0.2, -0.15) is 0 Å². The van der Waals surface area contributed by atoms with Crippen molar-refractivity contribution in [2.24, 2.45) is 11.8 Å². The number of aromatic nitrogens is 3. The van der Waals surface area contributed by atoms with E-state index in [1.807, 2.05) is 47.6 Å². The summed E-state index contributed by atoms with van der Waals surface area (Å²) in [5.74, 6) is 1.43. The summed E-state index contributed by atoms with van der Waals surface area (Å²) in [6, 6.07) is 16.0. The molecule has 6 nitrogen and oxygen atoms in total. The van der Waals surface area contributed by atoms with Gasteiger partial charge in [0.2, 0.25) is 5.71 Å². The molecule has 0 amide bonds. The van der Waals surface area contributed by atoms with Crippen LogP contribution in [0.25, 0.3) is 44.2 Å². The molecule has 0 aliphatic rings. The van der Waals surface area contributed by atoms with Crippen LogP contribution in [0.1, 0.15) is 77.1 Å². The predicted octanol–water partition coefficient (Wildman–Crippen LogP) is 9.22. The van der Waals surface area contributed by atoms with Crippen LogP contribution in [0.2, 0.25) is 0 Å². The van der Waals surface area contributed by atoms with E-state index in [9.17, 15) is 9.90 Å². The van der Waals surface area contributed by atoms with Gasteiger partial charge in [0.25, 0.3) is 0 Å². The van der Waals surface area contributed by atoms with Crippen LogP contribution in [-0.4, -0.2) is 25.8 Å². The Kier molecular flexibility index (Phi) is 11.2. The SMILES string of the molecule is CC(C)CC(=O)C=C(O)CC(C)C.Cc1[c-]c(-c2ncnc3cc(C(C)C)ccc23)c2oc3nc(C)ccc3c2c1.[Ir]. The van der Waals surface area contributed by atoms with Gasteiger partial charge in [-0.15, -0.1) is 17.7 Å². The summed E-state index contributed by atoms with van der Waals surface area (Å²) in [5, 5.41) is 12.4. The molecule has 0 aliphatic heterocycles. The van der Waals surface area contributed by atoms with Gasteiger partial charge in [-0.05, 0) is 53.8 Å². The van der Waals surface area contributed by atoms with Crippen molar-refractivity contribution in [1.29, 1.82) is 0 Å². The Hall–Kier alpha value is -3.41. The van der Waals surface area contributed by atoms with E-state index in [-0.39, 0.29) is 31.6 Å². The number of carbonyl (C=O) groups excluding carboxylic acids is 1. The zero-order valence-corrected chi connectivity index (χ0v) is 28.1. The normalized spacial score (nSPS) is 11.8. The standard InChI is InChI=1S/C24H20N3O.C11H20O2.Ir/c1-13(2)16-6-8-18-21(11-16)25-12-26-22(18)20-10-14(3)9-19-17-7-5-15(4)27-24(17)28-23(19)20;1-8(2)5-10(12)7-11(13)6-9(3)4;/h5-9,11-13H,1-4H3;7-9,12H,5-6H2,1-4H3;/q-1;;. The second-order valence-corrected chi connectivity index (χ2v) is 11.9. The summed E-state index contributed by atoms with van der Waals surface area (Å²) >= 11 is 0. The maximum absolute atomic E-state index is 11.2. The van der Waals surface area contributed by atoms with Gasteiger partial charge in [0.05, 0.1) is 16.9 Å². The molecular weight excluding hydrogens is 703 g/mol. The molecule has 1 N–H and O–H groups in total. The molecule has 3 heterocycles. The van der Waals surface area contributed by atoms with E-state index in [1.165, 1.54) is 11.6 Å². The van der Waals surface area contributed by atoms with Crippen molar-refractivity contribution < 1.29 is 34.4 Å². The number of ketones is 1. The molecule has 0 spiro atoms. The first-order valence-electron chi connectivity index (χ1n) is 14.3. The maximum atomic E-state index is 11.2. The Morgan fingerprint density at radius 3 is 2.29 bits per heavy atom. The maximum Gasteiger partial charge on any atom is 0.216 e. The van der Waals surface area contributed by atoms with Crippen LogP contribution in [0.3, 0.4) is 0 Å². The molecule has 3 aromatic heterocycles. The minimum absolute atomic E-state index is 0. The summed E-state index contributed by atoms with van der Waals surface area (Å²) in [7, 11) is 0. The molecule has 2 aromatic carbocycles. The van der Waals surface area contributed by atoms with E-state index < -0.39 is 0 Å². The van der Waals surface area contributed by atoms with Gasteiger partial charge in [0.1, 0.15) is 6.33 Å². The van der Waals surface area contributed by atoms with Crippen molar-refractivity contribution in [2.75, 3.05) is 0 Å². The summed E-state index contributed by atoms with van der Waals surface area (Å²) < 4.78 is 6.18. The second kappa shape index (κ2) is 14.2. The van der Waals surface area contributed by atoms with Crippen molar-refractivity contribution in [3.63, 3.8) is 0 Å². The van der Waals surface area contributed by atoms with Gasteiger partial charge in [-0.3, -0.25) is 9.78 Å². The minimum Gasteiger partial charge on any atom is -0.512 e. The fraction of sp³-hybridized carbons (Fsp3) is 0.371. The van der Waals surface area contributed by atoms with Gasteiger partial charge in [0, 0.05) is 55.8 Å². The predicted molar refractivity (Wildman–Crippen MR) is 167 cm³/mol.